The van der Waals surface area contributed by atoms with E-state index in [4.69, 9.17) is 4.74 Å². The minimum absolute atomic E-state index is 0.0436. The number of phenolic OH excluding ortho intramolecular Hbond substituents is 1. The molecule has 0 saturated carbocycles. The second-order valence-corrected chi connectivity index (χ2v) is 8.03. The molecule has 1 atom stereocenters. The Morgan fingerprint density at radius 3 is 2.60 bits per heavy atom. The van der Waals surface area contributed by atoms with E-state index in [1.54, 1.807) is 6.07 Å². The molecule has 0 aliphatic carbocycles. The Hall–Kier alpha value is -2.79. The van der Waals surface area contributed by atoms with Gasteiger partial charge in [-0.2, -0.15) is 0 Å². The number of phenols is 1. The number of rotatable bonds is 4. The van der Waals surface area contributed by atoms with Crippen molar-refractivity contribution in [2.24, 2.45) is 0 Å². The van der Waals surface area contributed by atoms with Crippen LogP contribution in [0.3, 0.4) is 0 Å². The first kappa shape index (κ1) is 20.5. The molecular formula is C25H30N2O3. The van der Waals surface area contributed by atoms with Crippen molar-refractivity contribution in [3.8, 4) is 11.5 Å². The molecule has 5 heteroatoms. The zero-order chi connectivity index (χ0) is 21.1. The van der Waals surface area contributed by atoms with Crippen LogP contribution in [0.25, 0.3) is 5.57 Å². The molecule has 1 amide bonds. The highest BCUT2D eigenvalue weighted by molar-refractivity contribution is 5.95. The van der Waals surface area contributed by atoms with Crippen LogP contribution in [0.5, 0.6) is 11.5 Å². The van der Waals surface area contributed by atoms with Gasteiger partial charge in [0, 0.05) is 25.1 Å². The molecule has 4 rings (SSSR count). The van der Waals surface area contributed by atoms with Crippen LogP contribution in [0.1, 0.15) is 54.6 Å². The lowest BCUT2D eigenvalue weighted by atomic mass is 9.84. The molecule has 0 bridgehead atoms. The smallest absolute Gasteiger partial charge is 0.253 e. The molecule has 1 saturated heterocycles. The van der Waals surface area contributed by atoms with Gasteiger partial charge in [-0.3, -0.25) is 4.79 Å². The van der Waals surface area contributed by atoms with Crippen LogP contribution in [-0.4, -0.2) is 47.7 Å². The number of aromatic hydroxyl groups is 1. The minimum Gasteiger partial charge on any atom is -0.507 e. The maximum absolute atomic E-state index is 12.7. The number of carbonyl (C=O) groups is 1. The van der Waals surface area contributed by atoms with Crippen LogP contribution in [0.15, 0.2) is 48.5 Å². The second-order valence-electron chi connectivity index (χ2n) is 8.03. The van der Waals surface area contributed by atoms with Crippen LogP contribution in [0, 0.1) is 0 Å². The first-order valence-corrected chi connectivity index (χ1v) is 10.9. The molecule has 2 aromatic rings. The normalized spacial score (nSPS) is 20.7. The maximum Gasteiger partial charge on any atom is 0.253 e. The molecule has 0 radical (unpaired) electrons. The fourth-order valence-corrected chi connectivity index (χ4v) is 4.48. The second kappa shape index (κ2) is 8.52. The summed E-state index contributed by atoms with van der Waals surface area (Å²) in [4.78, 5) is 14.5. The van der Waals surface area contributed by atoms with Crippen LogP contribution in [0.2, 0.25) is 0 Å². The Kier molecular flexibility index (Phi) is 5.82. The summed E-state index contributed by atoms with van der Waals surface area (Å²) in [5, 5.41) is 14.1. The largest absolute Gasteiger partial charge is 0.507 e. The first-order valence-electron chi connectivity index (χ1n) is 10.9. The summed E-state index contributed by atoms with van der Waals surface area (Å²) in [7, 11) is 0. The number of fused-ring (bicyclic) bond motifs is 1. The molecule has 2 N–H and O–H groups in total. The van der Waals surface area contributed by atoms with E-state index in [1.165, 1.54) is 0 Å². The predicted molar refractivity (Wildman–Crippen MR) is 119 cm³/mol. The quantitative estimate of drug-likeness (QED) is 0.798. The highest BCUT2D eigenvalue weighted by atomic mass is 16.5. The SMILES string of the molecule is CCN(CC)C(=O)c1ccc(C2=CC3(CCCNCC3)Oc3cccc(O)c32)cc1. The lowest BCUT2D eigenvalue weighted by Crippen LogP contribution is -2.37. The van der Waals surface area contributed by atoms with Gasteiger partial charge in [0.1, 0.15) is 17.1 Å². The molecule has 2 aromatic carbocycles. The van der Waals surface area contributed by atoms with Crippen LogP contribution < -0.4 is 10.1 Å². The summed E-state index contributed by atoms with van der Waals surface area (Å²) in [6.45, 7) is 7.25. The van der Waals surface area contributed by atoms with Gasteiger partial charge in [0.05, 0.1) is 5.56 Å². The molecule has 1 spiro atoms. The zero-order valence-electron chi connectivity index (χ0n) is 17.8. The van der Waals surface area contributed by atoms with Gasteiger partial charge in [0.15, 0.2) is 0 Å². The molecule has 1 unspecified atom stereocenters. The molecule has 5 nitrogen and oxygen atoms in total. The third-order valence-corrected chi connectivity index (χ3v) is 6.17. The number of nitrogens with one attached hydrogen (secondary N) is 1. The minimum atomic E-state index is -0.380. The molecule has 0 aromatic heterocycles. The summed E-state index contributed by atoms with van der Waals surface area (Å²) in [5.41, 5.74) is 2.98. The van der Waals surface area contributed by atoms with Crippen LogP contribution in [0.4, 0.5) is 0 Å². The Morgan fingerprint density at radius 2 is 1.87 bits per heavy atom. The van der Waals surface area contributed by atoms with Gasteiger partial charge in [-0.15, -0.1) is 0 Å². The Balaban J connectivity index is 1.75. The number of amides is 1. The van der Waals surface area contributed by atoms with E-state index < -0.39 is 0 Å². The monoisotopic (exact) mass is 406 g/mol. The summed E-state index contributed by atoms with van der Waals surface area (Å²) in [6, 6.07) is 13.2. The van der Waals surface area contributed by atoms with Gasteiger partial charge in [0.25, 0.3) is 5.91 Å². The summed E-state index contributed by atoms with van der Waals surface area (Å²) in [5.74, 6) is 0.975. The fraction of sp³-hybridized carbons (Fsp3) is 0.400. The third-order valence-electron chi connectivity index (χ3n) is 6.17. The molecule has 2 aliphatic rings. The zero-order valence-corrected chi connectivity index (χ0v) is 17.8. The average molecular weight is 407 g/mol. The molecule has 2 heterocycles. The van der Waals surface area contributed by atoms with E-state index >= 15 is 0 Å². The van der Waals surface area contributed by atoms with E-state index in [1.807, 2.05) is 55.1 Å². The van der Waals surface area contributed by atoms with Gasteiger partial charge in [-0.25, -0.2) is 0 Å². The van der Waals surface area contributed by atoms with Crippen molar-refractivity contribution in [1.29, 1.82) is 0 Å². The highest BCUT2D eigenvalue weighted by Gasteiger charge is 2.37. The van der Waals surface area contributed by atoms with E-state index in [0.29, 0.717) is 18.7 Å². The Labute approximate surface area is 178 Å². The van der Waals surface area contributed by atoms with Crippen molar-refractivity contribution >= 4 is 11.5 Å². The van der Waals surface area contributed by atoms with E-state index in [2.05, 4.69) is 11.4 Å². The van der Waals surface area contributed by atoms with E-state index in [0.717, 1.165) is 54.8 Å². The van der Waals surface area contributed by atoms with Gasteiger partial charge >= 0.3 is 0 Å². The van der Waals surface area contributed by atoms with E-state index in [-0.39, 0.29) is 17.3 Å². The molecule has 158 valence electrons. The Morgan fingerprint density at radius 1 is 1.10 bits per heavy atom. The fourth-order valence-electron chi connectivity index (χ4n) is 4.48. The number of benzene rings is 2. The lowest BCUT2D eigenvalue weighted by Gasteiger charge is -2.36. The van der Waals surface area contributed by atoms with Crippen molar-refractivity contribution < 1.29 is 14.6 Å². The van der Waals surface area contributed by atoms with Gasteiger partial charge in [0.2, 0.25) is 0 Å². The molecule has 30 heavy (non-hydrogen) atoms. The topological polar surface area (TPSA) is 61.8 Å². The summed E-state index contributed by atoms with van der Waals surface area (Å²) >= 11 is 0. The van der Waals surface area contributed by atoms with Crippen molar-refractivity contribution in [2.45, 2.75) is 38.7 Å². The van der Waals surface area contributed by atoms with Gasteiger partial charge in [-0.1, -0.05) is 18.2 Å². The number of hydrogen-bond acceptors (Lipinski definition) is 4. The molecule has 2 aliphatic heterocycles. The summed E-state index contributed by atoms with van der Waals surface area (Å²) in [6.07, 6.45) is 5.03. The van der Waals surface area contributed by atoms with Crippen molar-refractivity contribution in [1.82, 2.24) is 10.2 Å². The number of ether oxygens (including phenoxy) is 1. The van der Waals surface area contributed by atoms with Crippen molar-refractivity contribution in [2.75, 3.05) is 26.2 Å². The first-order chi connectivity index (χ1) is 14.6. The van der Waals surface area contributed by atoms with Crippen molar-refractivity contribution in [3.63, 3.8) is 0 Å². The predicted octanol–water partition coefficient (Wildman–Crippen LogP) is 4.21. The molecule has 1 fully saturated rings. The lowest BCUT2D eigenvalue weighted by molar-refractivity contribution is 0.0773. The number of hydrogen-bond donors (Lipinski definition) is 2. The van der Waals surface area contributed by atoms with Crippen LogP contribution >= 0.6 is 0 Å². The molecular weight excluding hydrogens is 376 g/mol. The third kappa shape index (κ3) is 3.82. The van der Waals surface area contributed by atoms with Crippen molar-refractivity contribution in [3.05, 3.63) is 65.2 Å². The summed E-state index contributed by atoms with van der Waals surface area (Å²) < 4.78 is 6.46. The number of carbonyl (C=O) groups excluding carboxylic acids is 1. The standard InChI is InChI=1S/C25H30N2O3/c1-3-27(4-2)24(29)19-11-9-18(10-12-19)20-17-25(13-6-15-26-16-14-25)30-22-8-5-7-21(28)23(20)22/h5,7-12,17,26,28H,3-4,6,13-16H2,1-2H3. The maximum atomic E-state index is 12.7. The van der Waals surface area contributed by atoms with Crippen LogP contribution in [-0.2, 0) is 0 Å². The van der Waals surface area contributed by atoms with Gasteiger partial charge < -0.3 is 20.1 Å². The highest BCUT2D eigenvalue weighted by Crippen LogP contribution is 2.46. The van der Waals surface area contributed by atoms with E-state index in [9.17, 15) is 9.90 Å². The number of nitrogens with zero attached hydrogens (tertiary/aromatic N) is 1. The average Bonchev–Trinajstić information content (AvgIpc) is 2.99. The Bertz CT molecular complexity index is 937. The van der Waals surface area contributed by atoms with Gasteiger partial charge in [-0.05, 0) is 81.3 Å².